The van der Waals surface area contributed by atoms with Crippen LogP contribution >= 0.6 is 0 Å². The quantitative estimate of drug-likeness (QED) is 0.365. The van der Waals surface area contributed by atoms with E-state index in [2.05, 4.69) is 21.0 Å². The number of hydrogen-bond acceptors (Lipinski definition) is 8. The average Bonchev–Trinajstić information content (AvgIpc) is 3.34. The van der Waals surface area contributed by atoms with Crippen LogP contribution in [-0.2, 0) is 18.6 Å². The molecule has 1 N–H and O–H groups in total. The average molecular weight is 528 g/mol. The van der Waals surface area contributed by atoms with Gasteiger partial charge >= 0.3 is 6.61 Å². The molecule has 1 aliphatic heterocycles. The van der Waals surface area contributed by atoms with Crippen molar-refractivity contribution in [2.24, 2.45) is 0 Å². The summed E-state index contributed by atoms with van der Waals surface area (Å²) in [4.78, 5) is 5.60. The Morgan fingerprint density at radius 3 is 2.74 bits per heavy atom. The van der Waals surface area contributed by atoms with Crippen LogP contribution in [0.4, 0.5) is 13.2 Å². The zero-order valence-corrected chi connectivity index (χ0v) is 20.6. The number of hydrogen-bond donors (Lipinski definition) is 1. The molecule has 4 aromatic rings. The van der Waals surface area contributed by atoms with E-state index >= 15 is 0 Å². The summed E-state index contributed by atoms with van der Waals surface area (Å²) in [6, 6.07) is 4.13. The fourth-order valence-corrected chi connectivity index (χ4v) is 4.50. The van der Waals surface area contributed by atoms with Gasteiger partial charge in [0.1, 0.15) is 23.8 Å². The first-order valence-corrected chi connectivity index (χ1v) is 11.8. The molecule has 0 saturated heterocycles. The third-order valence-electron chi connectivity index (χ3n) is 6.48. The van der Waals surface area contributed by atoms with Crippen molar-refractivity contribution in [2.75, 3.05) is 19.7 Å². The van der Waals surface area contributed by atoms with Crippen LogP contribution in [0.2, 0.25) is 0 Å². The summed E-state index contributed by atoms with van der Waals surface area (Å²) in [6.45, 7) is 1.63. The van der Waals surface area contributed by atoms with Crippen LogP contribution in [0.3, 0.4) is 0 Å². The van der Waals surface area contributed by atoms with Gasteiger partial charge in [-0.15, -0.1) is 0 Å². The lowest BCUT2D eigenvalue weighted by Gasteiger charge is -2.23. The first-order chi connectivity index (χ1) is 18.2. The molecule has 5 rings (SSSR count). The van der Waals surface area contributed by atoms with Crippen molar-refractivity contribution in [3.63, 3.8) is 0 Å². The number of nitriles is 1. The molecule has 13 heteroatoms. The molecule has 0 spiro atoms. The molecule has 10 nitrogen and oxygen atoms in total. The zero-order valence-electron chi connectivity index (χ0n) is 20.6. The van der Waals surface area contributed by atoms with Crippen LogP contribution in [0.15, 0.2) is 36.8 Å². The van der Waals surface area contributed by atoms with E-state index in [4.69, 9.17) is 9.84 Å². The number of aromatic nitrogens is 5. The second kappa shape index (κ2) is 9.86. The predicted molar refractivity (Wildman–Crippen MR) is 128 cm³/mol. The van der Waals surface area contributed by atoms with Crippen molar-refractivity contribution in [2.45, 2.75) is 39.0 Å². The standard InChI is InChI=1S/C25H24F3N7O3/c1-15-18-5-6-33(14-29)7-8-34(18)32-22(15)16-9-19(23-20(38-24(27)28)11-31-35(23)12-16)37-13-25(2,36)21-4-3-17(26)10-30-21/h3-4,9-12,24,36H,5-8,13H2,1-2H3. The van der Waals surface area contributed by atoms with E-state index in [0.717, 1.165) is 23.7 Å². The summed E-state index contributed by atoms with van der Waals surface area (Å²) in [5, 5.41) is 29.1. The first kappa shape index (κ1) is 25.3. The summed E-state index contributed by atoms with van der Waals surface area (Å²) in [7, 11) is 0. The minimum atomic E-state index is -3.08. The van der Waals surface area contributed by atoms with Crippen molar-refractivity contribution in [3.8, 4) is 28.9 Å². The van der Waals surface area contributed by atoms with Crippen LogP contribution in [-0.4, -0.2) is 60.7 Å². The molecule has 1 atom stereocenters. The van der Waals surface area contributed by atoms with Crippen molar-refractivity contribution < 1.29 is 27.8 Å². The van der Waals surface area contributed by atoms with Gasteiger partial charge in [-0.05, 0) is 37.6 Å². The first-order valence-electron chi connectivity index (χ1n) is 11.8. The zero-order chi connectivity index (χ0) is 27.0. The Morgan fingerprint density at radius 2 is 2.03 bits per heavy atom. The topological polar surface area (TPSA) is 114 Å². The van der Waals surface area contributed by atoms with E-state index < -0.39 is 18.0 Å². The van der Waals surface area contributed by atoms with Crippen molar-refractivity contribution >= 4 is 5.52 Å². The number of pyridine rings is 2. The Balaban J connectivity index is 1.54. The van der Waals surface area contributed by atoms with Gasteiger partial charge in [-0.25, -0.2) is 8.91 Å². The molecular formula is C25H24F3N7O3. The molecule has 198 valence electrons. The predicted octanol–water partition coefficient (Wildman–Crippen LogP) is 3.27. The number of halogens is 3. The van der Waals surface area contributed by atoms with Crippen molar-refractivity contribution in [1.29, 1.82) is 5.26 Å². The van der Waals surface area contributed by atoms with Crippen LogP contribution in [0.5, 0.6) is 11.5 Å². The Kier molecular flexibility index (Phi) is 6.58. The maximum absolute atomic E-state index is 13.3. The van der Waals surface area contributed by atoms with Gasteiger partial charge in [0, 0.05) is 37.0 Å². The summed E-state index contributed by atoms with van der Waals surface area (Å²) in [5.74, 6) is -0.631. The highest BCUT2D eigenvalue weighted by Gasteiger charge is 2.28. The lowest BCUT2D eigenvalue weighted by Crippen LogP contribution is -2.30. The largest absolute Gasteiger partial charge is 0.488 e. The molecular weight excluding hydrogens is 503 g/mol. The van der Waals surface area contributed by atoms with Gasteiger partial charge in [0.25, 0.3) is 0 Å². The highest BCUT2D eigenvalue weighted by atomic mass is 19.3. The lowest BCUT2D eigenvalue weighted by molar-refractivity contribution is -0.0490. The van der Waals surface area contributed by atoms with Crippen LogP contribution in [0.1, 0.15) is 23.9 Å². The Labute approximate surface area is 215 Å². The van der Waals surface area contributed by atoms with Gasteiger partial charge < -0.3 is 19.5 Å². The summed E-state index contributed by atoms with van der Waals surface area (Å²) < 4.78 is 53.3. The molecule has 0 amide bonds. The van der Waals surface area contributed by atoms with Crippen LogP contribution < -0.4 is 9.47 Å². The highest BCUT2D eigenvalue weighted by Crippen LogP contribution is 2.36. The van der Waals surface area contributed by atoms with E-state index in [9.17, 15) is 23.5 Å². The van der Waals surface area contributed by atoms with E-state index in [0.29, 0.717) is 37.3 Å². The fraction of sp³-hybridized carbons (Fsp3) is 0.360. The maximum Gasteiger partial charge on any atom is 0.387 e. The molecule has 0 saturated carbocycles. The number of alkyl halides is 2. The van der Waals surface area contributed by atoms with Crippen LogP contribution in [0.25, 0.3) is 16.8 Å². The minimum Gasteiger partial charge on any atom is -0.488 e. The smallest absolute Gasteiger partial charge is 0.387 e. The maximum atomic E-state index is 13.3. The Morgan fingerprint density at radius 1 is 1.21 bits per heavy atom. The van der Waals surface area contributed by atoms with Gasteiger partial charge in [0.2, 0.25) is 0 Å². The van der Waals surface area contributed by atoms with E-state index in [-0.39, 0.29) is 29.3 Å². The number of ether oxygens (including phenoxy) is 2. The molecule has 1 unspecified atom stereocenters. The fourth-order valence-electron chi connectivity index (χ4n) is 4.50. The van der Waals surface area contributed by atoms with Gasteiger partial charge in [-0.2, -0.15) is 24.2 Å². The van der Waals surface area contributed by atoms with Gasteiger partial charge in [-0.3, -0.25) is 9.67 Å². The summed E-state index contributed by atoms with van der Waals surface area (Å²) >= 11 is 0. The van der Waals surface area contributed by atoms with E-state index in [1.807, 2.05) is 11.6 Å². The van der Waals surface area contributed by atoms with Gasteiger partial charge in [-0.1, -0.05) is 0 Å². The SMILES string of the molecule is Cc1c(-c2cc(OCC(C)(O)c3ccc(F)cn3)c3c(OC(F)F)cnn3c2)nn2c1CCN(C#N)CC2. The van der Waals surface area contributed by atoms with Crippen LogP contribution in [0, 0.1) is 24.2 Å². The monoisotopic (exact) mass is 527 g/mol. The number of aliphatic hydroxyl groups is 1. The van der Waals surface area contributed by atoms with Gasteiger partial charge in [0.05, 0.1) is 30.3 Å². The minimum absolute atomic E-state index is 0.122. The highest BCUT2D eigenvalue weighted by molar-refractivity contribution is 5.75. The van der Waals surface area contributed by atoms with Crippen molar-refractivity contribution in [3.05, 3.63) is 59.6 Å². The molecule has 4 aromatic heterocycles. The lowest BCUT2D eigenvalue weighted by atomic mass is 10.0. The molecule has 0 bridgehead atoms. The Bertz CT molecular complexity index is 1510. The number of fused-ring (bicyclic) bond motifs is 2. The molecule has 1 aliphatic rings. The third-order valence-corrected chi connectivity index (χ3v) is 6.48. The molecule has 0 fully saturated rings. The molecule has 38 heavy (non-hydrogen) atoms. The van der Waals surface area contributed by atoms with Crippen molar-refractivity contribution in [1.82, 2.24) is 29.3 Å². The normalized spacial score (nSPS) is 15.2. The van der Waals surface area contributed by atoms with Gasteiger partial charge in [0.15, 0.2) is 17.5 Å². The summed E-state index contributed by atoms with van der Waals surface area (Å²) in [5.41, 5.74) is 1.84. The van der Waals surface area contributed by atoms with E-state index in [1.54, 1.807) is 17.2 Å². The third kappa shape index (κ3) is 4.82. The summed E-state index contributed by atoms with van der Waals surface area (Å²) in [6.07, 6.45) is 6.59. The second-order valence-corrected chi connectivity index (χ2v) is 9.18. The molecule has 0 aliphatic carbocycles. The number of rotatable bonds is 7. The number of nitrogens with zero attached hydrogens (tertiary/aromatic N) is 7. The van der Waals surface area contributed by atoms with E-state index in [1.165, 1.54) is 23.6 Å². The second-order valence-electron chi connectivity index (χ2n) is 9.18. The molecule has 0 radical (unpaired) electrons. The molecule has 5 heterocycles. The molecule has 0 aromatic carbocycles. The Hall–Kier alpha value is -4.31.